The maximum Gasteiger partial charge on any atom is 3.00 e. The summed E-state index contributed by atoms with van der Waals surface area (Å²) >= 11 is 0. The zero-order valence-corrected chi connectivity index (χ0v) is 28.0. The number of hydrogen-bond acceptors (Lipinski definition) is 15. The minimum Gasteiger partial charge on any atom is -0.549 e. The summed E-state index contributed by atoms with van der Waals surface area (Å²) in [6.45, 7) is -2.48. The van der Waals surface area contributed by atoms with Crippen molar-refractivity contribution in [3.63, 3.8) is 0 Å². The Morgan fingerprint density at radius 3 is 1.11 bits per heavy atom. The molecule has 0 aromatic carbocycles. The molecule has 2 amide bonds. The topological polar surface area (TPSA) is 324 Å². The van der Waals surface area contributed by atoms with Gasteiger partial charge in [0.25, 0.3) is 0 Å². The van der Waals surface area contributed by atoms with Gasteiger partial charge in [0.05, 0.1) is 42.9 Å². The predicted molar refractivity (Wildman–Crippen MR) is 141 cm³/mol. The van der Waals surface area contributed by atoms with Crippen LogP contribution in [0, 0.1) is 39.9 Å². The number of hydrogen-bond donors (Lipinski definition) is 4. The zero-order chi connectivity index (χ0) is 34.4. The SMILES string of the molecule is [Gd+3].[NH3+]C(CCCCNC(=O)CN(CCN(CCN(CC(=O)[O-])CC(=O)NCCCCC([NH3+])C(=O)[O-])CC(=O)[O-])CC(=O)[O-])C(=O)[O-]. The number of amides is 2. The minimum absolute atomic E-state index is 0. The van der Waals surface area contributed by atoms with Crippen molar-refractivity contribution in [2.75, 3.05) is 72.0 Å². The van der Waals surface area contributed by atoms with Gasteiger partial charge in [-0.15, -0.1) is 0 Å². The van der Waals surface area contributed by atoms with Crippen LogP contribution in [-0.2, 0) is 33.6 Å². The van der Waals surface area contributed by atoms with Crippen LogP contribution in [-0.4, -0.2) is 140 Å². The fourth-order valence-corrected chi connectivity index (χ4v) is 4.05. The van der Waals surface area contributed by atoms with Gasteiger partial charge in [0.15, 0.2) is 0 Å². The number of carboxylic acids is 5. The van der Waals surface area contributed by atoms with Crippen molar-refractivity contribution < 1.29 is 111 Å². The van der Waals surface area contributed by atoms with E-state index in [4.69, 9.17) is 0 Å². The fourth-order valence-electron chi connectivity index (χ4n) is 4.05. The van der Waals surface area contributed by atoms with Gasteiger partial charge in [0.2, 0.25) is 11.8 Å². The molecule has 263 valence electrons. The molecular weight excluding hydrogens is 760 g/mol. The van der Waals surface area contributed by atoms with Gasteiger partial charge in [-0.1, -0.05) is 0 Å². The van der Waals surface area contributed by atoms with Crippen molar-refractivity contribution >= 4 is 41.7 Å². The first kappa shape index (κ1) is 45.5. The van der Waals surface area contributed by atoms with Crippen LogP contribution in [0.3, 0.4) is 0 Å². The molecular formula is C26H44GdN7O12. The van der Waals surface area contributed by atoms with Crippen LogP contribution in [0.1, 0.15) is 38.5 Å². The van der Waals surface area contributed by atoms with Crippen molar-refractivity contribution in [2.24, 2.45) is 0 Å². The first-order chi connectivity index (χ1) is 21.1. The second kappa shape index (κ2) is 26.5. The number of nitrogens with zero attached hydrogens (tertiary/aromatic N) is 3. The van der Waals surface area contributed by atoms with Gasteiger partial charge >= 0.3 is 39.9 Å². The summed E-state index contributed by atoms with van der Waals surface area (Å²) in [7, 11) is 0. The van der Waals surface area contributed by atoms with E-state index in [2.05, 4.69) is 22.1 Å². The summed E-state index contributed by atoms with van der Waals surface area (Å²) in [5.41, 5.74) is 6.87. The molecule has 0 saturated heterocycles. The maximum atomic E-state index is 12.3. The number of nitrogens with one attached hydrogen (secondary N) is 2. The quantitative estimate of drug-likeness (QED) is 0.0534. The molecule has 0 saturated carbocycles. The number of rotatable bonds is 28. The maximum absolute atomic E-state index is 12.3. The summed E-state index contributed by atoms with van der Waals surface area (Å²) < 4.78 is 0. The smallest absolute Gasteiger partial charge is 0.549 e. The van der Waals surface area contributed by atoms with E-state index < -0.39 is 73.4 Å². The number of unbranched alkanes of at least 4 members (excludes halogenated alkanes) is 2. The first-order valence-electron chi connectivity index (χ1n) is 14.5. The summed E-state index contributed by atoms with van der Waals surface area (Å²) in [5.74, 6) is -8.01. The molecule has 1 radical (unpaired) electrons. The van der Waals surface area contributed by atoms with E-state index in [0.29, 0.717) is 25.7 Å². The number of quaternary nitrogens is 2. The van der Waals surface area contributed by atoms with Gasteiger partial charge < -0.3 is 71.6 Å². The molecule has 0 aliphatic carbocycles. The Hall–Kier alpha value is -2.59. The van der Waals surface area contributed by atoms with Crippen LogP contribution in [0.5, 0.6) is 0 Å². The Balaban J connectivity index is 0. The Kier molecular flexibility index (Phi) is 26.2. The molecule has 0 aliphatic rings. The predicted octanol–water partition coefficient (Wildman–Crippen LogP) is -11.6. The van der Waals surface area contributed by atoms with Gasteiger partial charge in [-0.25, -0.2) is 0 Å². The Labute approximate surface area is 298 Å². The number of carbonyl (C=O) groups is 7. The first-order valence-corrected chi connectivity index (χ1v) is 14.5. The molecule has 19 nitrogen and oxygen atoms in total. The van der Waals surface area contributed by atoms with Crippen LogP contribution in [0.4, 0.5) is 0 Å². The molecule has 0 rings (SSSR count). The molecule has 20 heteroatoms. The molecule has 0 heterocycles. The summed E-state index contributed by atoms with van der Waals surface area (Å²) in [5, 5.41) is 60.3. The number of carboxylic acid groups (broad SMARTS) is 5. The third-order valence-electron chi connectivity index (χ3n) is 6.53. The molecule has 0 spiro atoms. The molecule has 0 fully saturated rings. The molecule has 0 aliphatic heterocycles. The summed E-state index contributed by atoms with van der Waals surface area (Å²) in [4.78, 5) is 83.5. The molecule has 2 atom stereocenters. The zero-order valence-electron chi connectivity index (χ0n) is 25.7. The molecule has 8 N–H and O–H groups in total. The molecule has 2 unspecified atom stereocenters. The van der Waals surface area contributed by atoms with E-state index in [1.54, 1.807) is 0 Å². The molecule has 0 bridgehead atoms. The third kappa shape index (κ3) is 25.6. The van der Waals surface area contributed by atoms with Crippen molar-refractivity contribution in [1.29, 1.82) is 0 Å². The average molecular weight is 804 g/mol. The second-order valence-electron chi connectivity index (χ2n) is 10.5. The molecule has 46 heavy (non-hydrogen) atoms. The Bertz CT molecular complexity index is 923. The van der Waals surface area contributed by atoms with Crippen molar-refractivity contribution in [3.8, 4) is 0 Å². The summed E-state index contributed by atoms with van der Waals surface area (Å²) in [6, 6.07) is -1.75. The van der Waals surface area contributed by atoms with Crippen LogP contribution in [0.15, 0.2) is 0 Å². The minimum atomic E-state index is -1.48. The largest absolute Gasteiger partial charge is 3.00 e. The number of aliphatic carboxylic acids is 5. The van der Waals surface area contributed by atoms with Crippen LogP contribution in [0.2, 0.25) is 0 Å². The van der Waals surface area contributed by atoms with Gasteiger partial charge in [-0.2, -0.15) is 0 Å². The van der Waals surface area contributed by atoms with E-state index in [0.717, 1.165) is 0 Å². The van der Waals surface area contributed by atoms with Crippen LogP contribution >= 0.6 is 0 Å². The monoisotopic (exact) mass is 804 g/mol. The van der Waals surface area contributed by atoms with Gasteiger partial charge in [0, 0.05) is 71.7 Å². The average Bonchev–Trinajstić information content (AvgIpc) is 2.92. The van der Waals surface area contributed by atoms with Crippen LogP contribution < -0.4 is 47.6 Å². The van der Waals surface area contributed by atoms with Gasteiger partial charge in [-0.3, -0.25) is 24.3 Å². The van der Waals surface area contributed by atoms with Gasteiger partial charge in [-0.05, 0) is 25.7 Å². The Morgan fingerprint density at radius 2 is 0.804 bits per heavy atom. The van der Waals surface area contributed by atoms with Gasteiger partial charge in [0.1, 0.15) is 12.1 Å². The molecule has 0 aromatic heterocycles. The normalized spacial score (nSPS) is 12.3. The van der Waals surface area contributed by atoms with E-state index in [9.17, 15) is 59.1 Å². The van der Waals surface area contributed by atoms with Crippen molar-refractivity contribution in [3.05, 3.63) is 0 Å². The Morgan fingerprint density at radius 1 is 0.500 bits per heavy atom. The van der Waals surface area contributed by atoms with E-state index in [-0.39, 0.29) is 105 Å². The standard InChI is InChI=1S/C26H47N7O12.Gd/c27-18(25(42)43)5-1-3-7-29-20(34)13-32(16-23(38)39)11-9-31(15-22(36)37)10-12-33(17-24(40)41)14-21(35)30-8-4-2-6-19(28)26(44)45;/h18-19H,1-17,27-28H2,(H,29,34)(H,30,35)(H,36,37)(H,38,39)(H,40,41)(H,42,43)(H,44,45);/q;+3/p-3. The van der Waals surface area contributed by atoms with E-state index in [1.165, 1.54) is 14.7 Å². The van der Waals surface area contributed by atoms with E-state index >= 15 is 0 Å². The van der Waals surface area contributed by atoms with Crippen LogP contribution in [0.25, 0.3) is 0 Å². The fraction of sp³-hybridized carbons (Fsp3) is 0.731. The van der Waals surface area contributed by atoms with E-state index in [1.807, 2.05) is 0 Å². The second-order valence-corrected chi connectivity index (χ2v) is 10.5. The third-order valence-corrected chi connectivity index (χ3v) is 6.53. The van der Waals surface area contributed by atoms with Crippen molar-refractivity contribution in [2.45, 2.75) is 50.6 Å². The molecule has 0 aromatic rings. The summed E-state index contributed by atoms with van der Waals surface area (Å²) in [6.07, 6.45) is 2.36. The number of carbonyl (C=O) groups excluding carboxylic acids is 7. The van der Waals surface area contributed by atoms with Crippen molar-refractivity contribution in [1.82, 2.24) is 25.3 Å².